The minimum Gasteiger partial charge on any atom is -0.372 e. The van der Waals surface area contributed by atoms with Crippen molar-refractivity contribution < 1.29 is 9.53 Å². The van der Waals surface area contributed by atoms with E-state index in [1.807, 2.05) is 31.7 Å². The molecule has 0 aromatic carbocycles. The van der Waals surface area contributed by atoms with Crippen LogP contribution in [0.4, 0.5) is 11.8 Å². The molecule has 1 aromatic rings. The maximum absolute atomic E-state index is 12.6. The Bertz CT molecular complexity index is 595. The number of amides is 1. The van der Waals surface area contributed by atoms with E-state index in [-0.39, 0.29) is 18.1 Å². The van der Waals surface area contributed by atoms with Crippen LogP contribution < -0.4 is 10.2 Å². The minimum atomic E-state index is 0.112. The van der Waals surface area contributed by atoms with Crippen molar-refractivity contribution in [3.63, 3.8) is 0 Å². The summed E-state index contributed by atoms with van der Waals surface area (Å²) in [5.74, 6) is 1.81. The van der Waals surface area contributed by atoms with Gasteiger partial charge in [0.1, 0.15) is 5.82 Å². The van der Waals surface area contributed by atoms with Crippen molar-refractivity contribution in [1.82, 2.24) is 19.8 Å². The van der Waals surface area contributed by atoms with E-state index in [9.17, 15) is 4.79 Å². The SMILES string of the molecule is CCNc1ccnc(N2CCN(CC(=O)N3CC(C)OC(C)C3)CC2)n1. The van der Waals surface area contributed by atoms with Gasteiger partial charge in [0.25, 0.3) is 0 Å². The number of rotatable bonds is 5. The van der Waals surface area contributed by atoms with Crippen molar-refractivity contribution in [3.05, 3.63) is 12.3 Å². The predicted molar refractivity (Wildman–Crippen MR) is 101 cm³/mol. The summed E-state index contributed by atoms with van der Waals surface area (Å²) in [5.41, 5.74) is 0. The van der Waals surface area contributed by atoms with Gasteiger partial charge in [0.05, 0.1) is 18.8 Å². The van der Waals surface area contributed by atoms with Crippen molar-refractivity contribution in [2.24, 2.45) is 0 Å². The smallest absolute Gasteiger partial charge is 0.236 e. The lowest BCUT2D eigenvalue weighted by atomic mass is 10.2. The number of piperazine rings is 1. The van der Waals surface area contributed by atoms with Crippen molar-refractivity contribution in [2.45, 2.75) is 33.0 Å². The van der Waals surface area contributed by atoms with Crippen LogP contribution in [0.1, 0.15) is 20.8 Å². The van der Waals surface area contributed by atoms with Gasteiger partial charge in [0, 0.05) is 52.0 Å². The summed E-state index contributed by atoms with van der Waals surface area (Å²) in [6.07, 6.45) is 2.01. The molecule has 0 saturated carbocycles. The van der Waals surface area contributed by atoms with E-state index < -0.39 is 0 Å². The molecule has 2 unspecified atom stereocenters. The van der Waals surface area contributed by atoms with Crippen LogP contribution in [0, 0.1) is 0 Å². The topological polar surface area (TPSA) is 73.8 Å². The first-order chi connectivity index (χ1) is 12.5. The van der Waals surface area contributed by atoms with E-state index in [2.05, 4.69) is 25.1 Å². The molecule has 2 aliphatic rings. The molecule has 8 nitrogen and oxygen atoms in total. The van der Waals surface area contributed by atoms with Crippen molar-refractivity contribution >= 4 is 17.7 Å². The number of ether oxygens (including phenoxy) is 1. The molecule has 0 radical (unpaired) electrons. The molecule has 144 valence electrons. The summed E-state index contributed by atoms with van der Waals surface area (Å²) < 4.78 is 5.71. The highest BCUT2D eigenvalue weighted by molar-refractivity contribution is 5.78. The van der Waals surface area contributed by atoms with Crippen LogP contribution in [0.5, 0.6) is 0 Å². The van der Waals surface area contributed by atoms with Crippen LogP contribution in [0.25, 0.3) is 0 Å². The van der Waals surface area contributed by atoms with Crippen molar-refractivity contribution in [3.8, 4) is 0 Å². The second-order valence-corrected chi connectivity index (χ2v) is 7.09. The Balaban J connectivity index is 1.49. The molecule has 8 heteroatoms. The van der Waals surface area contributed by atoms with Gasteiger partial charge < -0.3 is 19.9 Å². The molecule has 1 aromatic heterocycles. The fraction of sp³-hybridized carbons (Fsp3) is 0.722. The Morgan fingerprint density at radius 3 is 2.58 bits per heavy atom. The van der Waals surface area contributed by atoms with Gasteiger partial charge in [0.2, 0.25) is 11.9 Å². The Morgan fingerprint density at radius 2 is 1.92 bits per heavy atom. The number of nitrogens with one attached hydrogen (secondary N) is 1. The molecule has 3 heterocycles. The van der Waals surface area contributed by atoms with Crippen LogP contribution >= 0.6 is 0 Å². The number of morpholine rings is 1. The van der Waals surface area contributed by atoms with Gasteiger partial charge in [-0.3, -0.25) is 9.69 Å². The lowest BCUT2D eigenvalue weighted by Crippen LogP contribution is -2.54. The number of nitrogens with zero attached hydrogens (tertiary/aromatic N) is 5. The van der Waals surface area contributed by atoms with E-state index in [0.717, 1.165) is 44.5 Å². The third-order valence-electron chi connectivity index (χ3n) is 4.79. The van der Waals surface area contributed by atoms with E-state index in [1.165, 1.54) is 0 Å². The zero-order chi connectivity index (χ0) is 18.5. The highest BCUT2D eigenvalue weighted by Crippen LogP contribution is 2.15. The third-order valence-corrected chi connectivity index (χ3v) is 4.79. The van der Waals surface area contributed by atoms with Gasteiger partial charge in [-0.05, 0) is 26.8 Å². The molecule has 0 spiro atoms. The number of carbonyl (C=O) groups is 1. The number of hydrogen-bond donors (Lipinski definition) is 1. The molecular formula is C18H30N6O2. The van der Waals surface area contributed by atoms with Crippen LogP contribution in [0.15, 0.2) is 12.3 Å². The van der Waals surface area contributed by atoms with Gasteiger partial charge >= 0.3 is 0 Å². The summed E-state index contributed by atoms with van der Waals surface area (Å²) in [4.78, 5) is 27.9. The number of anilines is 2. The van der Waals surface area contributed by atoms with Crippen LogP contribution in [-0.2, 0) is 9.53 Å². The summed E-state index contributed by atoms with van der Waals surface area (Å²) in [6.45, 7) is 12.1. The average molecular weight is 362 g/mol. The fourth-order valence-corrected chi connectivity index (χ4v) is 3.56. The third kappa shape index (κ3) is 4.82. The summed E-state index contributed by atoms with van der Waals surface area (Å²) >= 11 is 0. The molecule has 2 saturated heterocycles. The van der Waals surface area contributed by atoms with Gasteiger partial charge in [-0.15, -0.1) is 0 Å². The summed E-state index contributed by atoms with van der Waals surface area (Å²) in [5, 5.41) is 3.22. The molecule has 2 fully saturated rings. The molecule has 2 atom stereocenters. The first kappa shape index (κ1) is 18.8. The molecule has 0 aliphatic carbocycles. The standard InChI is InChI=1S/C18H30N6O2/c1-4-19-16-5-6-20-18(21-16)23-9-7-22(8-10-23)13-17(25)24-11-14(2)26-15(3)12-24/h5-6,14-15H,4,7-13H2,1-3H3,(H,19,20,21). The predicted octanol–water partition coefficient (Wildman–Crippen LogP) is 0.666. The second-order valence-electron chi connectivity index (χ2n) is 7.09. The fourth-order valence-electron chi connectivity index (χ4n) is 3.56. The average Bonchev–Trinajstić information content (AvgIpc) is 2.62. The first-order valence-electron chi connectivity index (χ1n) is 9.52. The highest BCUT2D eigenvalue weighted by atomic mass is 16.5. The maximum Gasteiger partial charge on any atom is 0.236 e. The van der Waals surface area contributed by atoms with E-state index >= 15 is 0 Å². The van der Waals surface area contributed by atoms with E-state index in [1.54, 1.807) is 6.20 Å². The molecule has 3 rings (SSSR count). The van der Waals surface area contributed by atoms with E-state index in [4.69, 9.17) is 4.74 Å². The Morgan fingerprint density at radius 1 is 1.23 bits per heavy atom. The van der Waals surface area contributed by atoms with Crippen LogP contribution in [0.2, 0.25) is 0 Å². The van der Waals surface area contributed by atoms with Gasteiger partial charge in [-0.2, -0.15) is 4.98 Å². The minimum absolute atomic E-state index is 0.112. The maximum atomic E-state index is 12.6. The lowest BCUT2D eigenvalue weighted by molar-refractivity contribution is -0.144. The van der Waals surface area contributed by atoms with E-state index in [0.29, 0.717) is 19.6 Å². The monoisotopic (exact) mass is 362 g/mol. The zero-order valence-corrected chi connectivity index (χ0v) is 16.0. The summed E-state index contributed by atoms with van der Waals surface area (Å²) in [6, 6.07) is 1.88. The number of carbonyl (C=O) groups excluding carboxylic acids is 1. The van der Waals surface area contributed by atoms with Crippen molar-refractivity contribution in [2.75, 3.05) is 62.6 Å². The lowest BCUT2D eigenvalue weighted by Gasteiger charge is -2.38. The van der Waals surface area contributed by atoms with Crippen molar-refractivity contribution in [1.29, 1.82) is 0 Å². The van der Waals surface area contributed by atoms with Gasteiger partial charge in [0.15, 0.2) is 0 Å². The quantitative estimate of drug-likeness (QED) is 0.825. The number of hydrogen-bond acceptors (Lipinski definition) is 7. The second kappa shape index (κ2) is 8.64. The molecule has 0 bridgehead atoms. The number of aromatic nitrogens is 2. The van der Waals surface area contributed by atoms with Gasteiger partial charge in [-0.1, -0.05) is 0 Å². The largest absolute Gasteiger partial charge is 0.372 e. The molecular weight excluding hydrogens is 332 g/mol. The molecule has 1 N–H and O–H groups in total. The Hall–Kier alpha value is -1.93. The van der Waals surface area contributed by atoms with Crippen LogP contribution in [0.3, 0.4) is 0 Å². The first-order valence-corrected chi connectivity index (χ1v) is 9.52. The summed E-state index contributed by atoms with van der Waals surface area (Å²) in [7, 11) is 0. The molecule has 26 heavy (non-hydrogen) atoms. The highest BCUT2D eigenvalue weighted by Gasteiger charge is 2.28. The molecule has 1 amide bonds. The van der Waals surface area contributed by atoms with Gasteiger partial charge in [-0.25, -0.2) is 4.98 Å². The molecule has 2 aliphatic heterocycles. The van der Waals surface area contributed by atoms with Crippen LogP contribution in [-0.4, -0.2) is 90.2 Å². The normalized spacial score (nSPS) is 24.6. The zero-order valence-electron chi connectivity index (χ0n) is 16.0. The Kier molecular flexibility index (Phi) is 6.26. The Labute approximate surface area is 155 Å².